The van der Waals surface area contributed by atoms with Crippen LogP contribution < -0.4 is 0 Å². The summed E-state index contributed by atoms with van der Waals surface area (Å²) in [4.78, 5) is 15.0. The van der Waals surface area contributed by atoms with Crippen molar-refractivity contribution in [2.75, 3.05) is 0 Å². The van der Waals surface area contributed by atoms with Crippen molar-refractivity contribution in [1.29, 1.82) is 5.26 Å². The molecule has 6 nitrogen and oxygen atoms in total. The quantitative estimate of drug-likeness (QED) is 0.832. The Kier molecular flexibility index (Phi) is 2.58. The van der Waals surface area contributed by atoms with Gasteiger partial charge in [-0.1, -0.05) is 0 Å². The van der Waals surface area contributed by atoms with E-state index in [9.17, 15) is 4.79 Å². The third-order valence-corrected chi connectivity index (χ3v) is 2.14. The van der Waals surface area contributed by atoms with Gasteiger partial charge < -0.3 is 5.11 Å². The zero-order chi connectivity index (χ0) is 12.4. The molecule has 2 aromatic heterocycles. The largest absolute Gasteiger partial charge is 0.477 e. The van der Waals surface area contributed by atoms with Gasteiger partial charge in [0.1, 0.15) is 6.07 Å². The zero-order valence-corrected chi connectivity index (χ0v) is 8.95. The fourth-order valence-electron chi connectivity index (χ4n) is 1.40. The van der Waals surface area contributed by atoms with Gasteiger partial charge in [0.2, 0.25) is 0 Å². The molecule has 0 unspecified atom stereocenters. The first-order valence-corrected chi connectivity index (χ1v) is 4.78. The van der Waals surface area contributed by atoms with Crippen LogP contribution in [-0.4, -0.2) is 25.8 Å². The maximum absolute atomic E-state index is 11.0. The number of hydrogen-bond acceptors (Lipinski definition) is 4. The second-order valence-corrected chi connectivity index (χ2v) is 3.40. The Hall–Kier alpha value is -2.68. The second-order valence-electron chi connectivity index (χ2n) is 3.40. The summed E-state index contributed by atoms with van der Waals surface area (Å²) in [6.45, 7) is 1.70. The summed E-state index contributed by atoms with van der Waals surface area (Å²) < 4.78 is 1.23. The van der Waals surface area contributed by atoms with Gasteiger partial charge in [0.05, 0.1) is 11.3 Å². The molecule has 0 fully saturated rings. The summed E-state index contributed by atoms with van der Waals surface area (Å²) in [5.74, 6) is -0.703. The average molecular weight is 228 g/mol. The van der Waals surface area contributed by atoms with Crippen LogP contribution in [-0.2, 0) is 0 Å². The highest BCUT2D eigenvalue weighted by molar-refractivity contribution is 5.86. The van der Waals surface area contributed by atoms with E-state index in [4.69, 9.17) is 10.4 Å². The number of nitriles is 1. The number of rotatable bonds is 2. The maximum Gasteiger partial charge on any atom is 0.354 e. The molecule has 2 aromatic rings. The standard InChI is InChI=1S/C11H8N4O2/c1-7-4-9(11(16)17)15(14-7)10-3-2-8(5-12)6-13-10/h2-4,6H,1H3,(H,16,17). The molecule has 0 spiro atoms. The number of aryl methyl sites for hydroxylation is 1. The molecule has 0 aromatic carbocycles. The minimum absolute atomic E-state index is 0.0414. The third kappa shape index (κ3) is 1.99. The highest BCUT2D eigenvalue weighted by Gasteiger charge is 2.14. The minimum Gasteiger partial charge on any atom is -0.477 e. The zero-order valence-electron chi connectivity index (χ0n) is 8.95. The van der Waals surface area contributed by atoms with E-state index in [2.05, 4.69) is 10.1 Å². The van der Waals surface area contributed by atoms with E-state index in [0.717, 1.165) is 0 Å². The maximum atomic E-state index is 11.0. The Morgan fingerprint density at radius 1 is 1.53 bits per heavy atom. The van der Waals surface area contributed by atoms with Crippen LogP contribution in [0, 0.1) is 18.3 Å². The van der Waals surface area contributed by atoms with Gasteiger partial charge in [0.15, 0.2) is 11.5 Å². The van der Waals surface area contributed by atoms with Crippen LogP contribution >= 0.6 is 0 Å². The third-order valence-electron chi connectivity index (χ3n) is 2.14. The average Bonchev–Trinajstić information content (AvgIpc) is 2.72. The molecule has 2 heterocycles. The first-order valence-electron chi connectivity index (χ1n) is 4.78. The van der Waals surface area contributed by atoms with Crippen LogP contribution in [0.1, 0.15) is 21.7 Å². The van der Waals surface area contributed by atoms with Crippen molar-refractivity contribution in [3.8, 4) is 11.9 Å². The van der Waals surface area contributed by atoms with E-state index in [1.54, 1.807) is 19.1 Å². The Labute approximate surface area is 96.8 Å². The number of aromatic carboxylic acids is 1. The van der Waals surface area contributed by atoms with Gasteiger partial charge in [0.25, 0.3) is 0 Å². The molecule has 0 aliphatic rings. The first-order chi connectivity index (χ1) is 8.11. The second kappa shape index (κ2) is 4.06. The number of pyridine rings is 1. The summed E-state index contributed by atoms with van der Waals surface area (Å²) >= 11 is 0. The number of nitrogens with zero attached hydrogens (tertiary/aromatic N) is 4. The number of carbonyl (C=O) groups is 1. The highest BCUT2D eigenvalue weighted by atomic mass is 16.4. The normalized spacial score (nSPS) is 9.88. The molecule has 0 bridgehead atoms. The van der Waals surface area contributed by atoms with Gasteiger partial charge in [-0.25, -0.2) is 14.5 Å². The summed E-state index contributed by atoms with van der Waals surface area (Å²) in [5, 5.41) is 21.7. The molecule has 0 amide bonds. The molecule has 84 valence electrons. The summed E-state index contributed by atoms with van der Waals surface area (Å²) in [7, 11) is 0. The number of carboxylic acids is 1. The molecular formula is C11H8N4O2. The van der Waals surface area contributed by atoms with Gasteiger partial charge in [0, 0.05) is 6.20 Å². The lowest BCUT2D eigenvalue weighted by molar-refractivity contribution is 0.0687. The topological polar surface area (TPSA) is 91.8 Å². The Morgan fingerprint density at radius 3 is 2.82 bits per heavy atom. The molecule has 17 heavy (non-hydrogen) atoms. The van der Waals surface area contributed by atoms with Crippen molar-refractivity contribution in [3.63, 3.8) is 0 Å². The molecule has 6 heteroatoms. The molecule has 2 rings (SSSR count). The monoisotopic (exact) mass is 228 g/mol. The number of carboxylic acid groups (broad SMARTS) is 1. The van der Waals surface area contributed by atoms with E-state index in [0.29, 0.717) is 17.1 Å². The fraction of sp³-hybridized carbons (Fsp3) is 0.0909. The number of hydrogen-bond donors (Lipinski definition) is 1. The van der Waals surface area contributed by atoms with E-state index in [-0.39, 0.29) is 5.69 Å². The van der Waals surface area contributed by atoms with Gasteiger partial charge in [-0.05, 0) is 25.1 Å². The Bertz CT molecular complexity index is 607. The van der Waals surface area contributed by atoms with Crippen molar-refractivity contribution in [2.45, 2.75) is 6.92 Å². The molecular weight excluding hydrogens is 220 g/mol. The SMILES string of the molecule is Cc1cc(C(=O)O)n(-c2ccc(C#N)cn2)n1. The molecule has 0 aliphatic carbocycles. The van der Waals surface area contributed by atoms with Crippen LogP contribution in [0.2, 0.25) is 0 Å². The highest BCUT2D eigenvalue weighted by Crippen LogP contribution is 2.11. The van der Waals surface area contributed by atoms with Crippen molar-refractivity contribution in [3.05, 3.63) is 41.3 Å². The van der Waals surface area contributed by atoms with Crippen molar-refractivity contribution < 1.29 is 9.90 Å². The molecule has 0 saturated carbocycles. The molecule has 0 aliphatic heterocycles. The predicted molar refractivity (Wildman–Crippen MR) is 57.8 cm³/mol. The molecule has 0 saturated heterocycles. The predicted octanol–water partition coefficient (Wildman–Crippen LogP) is 1.15. The summed E-state index contributed by atoms with van der Waals surface area (Å²) in [6, 6.07) is 6.51. The lowest BCUT2D eigenvalue weighted by Crippen LogP contribution is -2.09. The lowest BCUT2D eigenvalue weighted by Gasteiger charge is -2.02. The Balaban J connectivity index is 2.52. The van der Waals surface area contributed by atoms with Crippen molar-refractivity contribution in [1.82, 2.24) is 14.8 Å². The van der Waals surface area contributed by atoms with Crippen LogP contribution in [0.25, 0.3) is 5.82 Å². The summed E-state index contributed by atoms with van der Waals surface area (Å²) in [5.41, 5.74) is 1.04. The summed E-state index contributed by atoms with van der Waals surface area (Å²) in [6.07, 6.45) is 1.37. The lowest BCUT2D eigenvalue weighted by atomic mass is 10.3. The van der Waals surface area contributed by atoms with Gasteiger partial charge in [-0.15, -0.1) is 0 Å². The van der Waals surface area contributed by atoms with Gasteiger partial charge in [-0.2, -0.15) is 10.4 Å². The van der Waals surface area contributed by atoms with E-state index < -0.39 is 5.97 Å². The van der Waals surface area contributed by atoms with Crippen LogP contribution in [0.5, 0.6) is 0 Å². The van der Waals surface area contributed by atoms with Crippen LogP contribution in [0.15, 0.2) is 24.4 Å². The van der Waals surface area contributed by atoms with Crippen LogP contribution in [0.3, 0.4) is 0 Å². The van der Waals surface area contributed by atoms with E-state index in [1.807, 2.05) is 6.07 Å². The first kappa shape index (κ1) is 10.8. The Morgan fingerprint density at radius 2 is 2.29 bits per heavy atom. The minimum atomic E-state index is -1.07. The van der Waals surface area contributed by atoms with Crippen LogP contribution in [0.4, 0.5) is 0 Å². The van der Waals surface area contributed by atoms with Gasteiger partial charge in [-0.3, -0.25) is 0 Å². The van der Waals surface area contributed by atoms with E-state index in [1.165, 1.54) is 16.9 Å². The molecule has 1 N–H and O–H groups in total. The smallest absolute Gasteiger partial charge is 0.354 e. The molecule has 0 atom stereocenters. The van der Waals surface area contributed by atoms with Gasteiger partial charge >= 0.3 is 5.97 Å². The van der Waals surface area contributed by atoms with E-state index >= 15 is 0 Å². The molecule has 0 radical (unpaired) electrons. The fourth-order valence-corrected chi connectivity index (χ4v) is 1.40. The van der Waals surface area contributed by atoms with Crippen molar-refractivity contribution >= 4 is 5.97 Å². The number of aromatic nitrogens is 3. The van der Waals surface area contributed by atoms with Crippen molar-refractivity contribution in [2.24, 2.45) is 0 Å².